The smallest absolute Gasteiger partial charge is 0.281 e. The topological polar surface area (TPSA) is 87.5 Å². The number of ether oxygens (including phenoxy) is 2. The Hall–Kier alpha value is -0.950. The Balaban J connectivity index is 2.47. The first-order chi connectivity index (χ1) is 7.10. The van der Waals surface area contributed by atoms with Gasteiger partial charge in [0.2, 0.25) is 0 Å². The number of aliphatic hydroxyl groups is 1. The molecule has 1 aliphatic heterocycles. The van der Waals surface area contributed by atoms with Gasteiger partial charge in [-0.25, -0.2) is 8.78 Å². The molecule has 0 aromatic carbocycles. The van der Waals surface area contributed by atoms with Crippen molar-refractivity contribution >= 4 is 0 Å². The van der Waals surface area contributed by atoms with E-state index in [0.717, 1.165) is 0 Å². The van der Waals surface area contributed by atoms with E-state index in [1.54, 1.807) is 0 Å². The number of azide groups is 1. The first kappa shape index (κ1) is 12.1. The molecule has 0 aromatic heterocycles. The molecule has 8 heteroatoms. The third kappa shape index (κ3) is 3.28. The Bertz CT molecular complexity index is 250. The van der Waals surface area contributed by atoms with Gasteiger partial charge in [-0.1, -0.05) is 5.11 Å². The number of hydrogen-bond acceptors (Lipinski definition) is 4. The van der Waals surface area contributed by atoms with Crippen molar-refractivity contribution in [2.45, 2.75) is 18.1 Å². The number of alkyl halides is 2. The normalized spacial score (nSPS) is 27.1. The Morgan fingerprint density at radius 2 is 2.20 bits per heavy atom. The number of halogens is 2. The van der Waals surface area contributed by atoms with Crippen molar-refractivity contribution < 1.29 is 23.4 Å². The average molecular weight is 223 g/mol. The zero-order chi connectivity index (χ0) is 11.3. The monoisotopic (exact) mass is 223 g/mol. The van der Waals surface area contributed by atoms with Crippen LogP contribution in [-0.4, -0.2) is 49.6 Å². The zero-order valence-corrected chi connectivity index (χ0v) is 7.84. The second-order valence-electron chi connectivity index (χ2n) is 3.11. The van der Waals surface area contributed by atoms with E-state index in [1.807, 2.05) is 0 Å². The van der Waals surface area contributed by atoms with E-state index < -0.39 is 24.7 Å². The lowest BCUT2D eigenvalue weighted by Gasteiger charge is -2.32. The fraction of sp³-hybridized carbons (Fsp3) is 1.00. The minimum absolute atomic E-state index is 0.0903. The molecule has 6 nitrogen and oxygen atoms in total. The predicted octanol–water partition coefficient (Wildman–Crippen LogP) is 0.708. The zero-order valence-electron chi connectivity index (χ0n) is 7.84. The predicted molar refractivity (Wildman–Crippen MR) is 45.5 cm³/mol. The molecule has 1 saturated heterocycles. The van der Waals surface area contributed by atoms with Gasteiger partial charge in [0.05, 0.1) is 26.4 Å². The van der Waals surface area contributed by atoms with Gasteiger partial charge in [0, 0.05) is 4.91 Å². The summed E-state index contributed by atoms with van der Waals surface area (Å²) in [6.45, 7) is -1.64. The van der Waals surface area contributed by atoms with Crippen molar-refractivity contribution in [1.29, 1.82) is 0 Å². The van der Waals surface area contributed by atoms with Crippen molar-refractivity contribution in [2.75, 3.05) is 26.4 Å². The number of nitrogens with zero attached hydrogens (tertiary/aromatic N) is 3. The van der Waals surface area contributed by atoms with Gasteiger partial charge in [-0.15, -0.1) is 0 Å². The third-order valence-electron chi connectivity index (χ3n) is 1.99. The van der Waals surface area contributed by atoms with E-state index in [2.05, 4.69) is 10.0 Å². The maximum atomic E-state index is 13.2. The molecule has 2 unspecified atom stereocenters. The Morgan fingerprint density at radius 3 is 2.67 bits per heavy atom. The van der Waals surface area contributed by atoms with Crippen molar-refractivity contribution in [1.82, 2.24) is 0 Å². The van der Waals surface area contributed by atoms with Crippen molar-refractivity contribution in [3.05, 3.63) is 10.4 Å². The molecule has 2 atom stereocenters. The summed E-state index contributed by atoms with van der Waals surface area (Å²) in [7, 11) is 0. The SMILES string of the molecule is [N-]=[N+]=NCC(F)(F)C1COC(CO)CO1. The van der Waals surface area contributed by atoms with E-state index in [9.17, 15) is 8.78 Å². The molecular weight excluding hydrogens is 212 g/mol. The van der Waals surface area contributed by atoms with Crippen LogP contribution >= 0.6 is 0 Å². The summed E-state index contributed by atoms with van der Waals surface area (Å²) in [6, 6.07) is 0. The maximum absolute atomic E-state index is 13.2. The highest BCUT2D eigenvalue weighted by atomic mass is 19.3. The molecule has 1 fully saturated rings. The lowest BCUT2D eigenvalue weighted by atomic mass is 10.2. The van der Waals surface area contributed by atoms with E-state index in [1.165, 1.54) is 0 Å². The second kappa shape index (κ2) is 5.22. The van der Waals surface area contributed by atoms with Crippen LogP contribution in [0.1, 0.15) is 0 Å². The molecule has 0 aromatic rings. The molecule has 0 amide bonds. The van der Waals surface area contributed by atoms with Gasteiger partial charge in [0.25, 0.3) is 5.92 Å². The highest BCUT2D eigenvalue weighted by Gasteiger charge is 2.42. The van der Waals surface area contributed by atoms with Crippen LogP contribution in [0, 0.1) is 0 Å². The Morgan fingerprint density at radius 1 is 1.47 bits per heavy atom. The Kier molecular flexibility index (Phi) is 4.22. The number of aliphatic hydroxyl groups excluding tert-OH is 1. The van der Waals surface area contributed by atoms with E-state index in [0.29, 0.717) is 0 Å². The minimum Gasteiger partial charge on any atom is -0.394 e. The van der Waals surface area contributed by atoms with Crippen LogP contribution in [0.5, 0.6) is 0 Å². The number of hydrogen-bond donors (Lipinski definition) is 1. The fourth-order valence-electron chi connectivity index (χ4n) is 1.12. The van der Waals surface area contributed by atoms with Crippen molar-refractivity contribution in [3.63, 3.8) is 0 Å². The molecule has 0 spiro atoms. The van der Waals surface area contributed by atoms with Crippen molar-refractivity contribution in [3.8, 4) is 0 Å². The van der Waals surface area contributed by atoms with Crippen LogP contribution < -0.4 is 0 Å². The summed E-state index contributed by atoms with van der Waals surface area (Å²) < 4.78 is 36.1. The van der Waals surface area contributed by atoms with Gasteiger partial charge in [0.15, 0.2) is 0 Å². The molecule has 1 rings (SSSR count). The molecular formula is C7H11F2N3O3. The van der Waals surface area contributed by atoms with Gasteiger partial charge in [-0.05, 0) is 5.53 Å². The minimum atomic E-state index is -3.24. The Labute approximate surface area is 84.4 Å². The van der Waals surface area contributed by atoms with Gasteiger partial charge in [-0.2, -0.15) is 0 Å². The van der Waals surface area contributed by atoms with Crippen LogP contribution in [0.3, 0.4) is 0 Å². The number of rotatable bonds is 4. The first-order valence-corrected chi connectivity index (χ1v) is 4.33. The summed E-state index contributed by atoms with van der Waals surface area (Å²) in [4.78, 5) is 2.26. The summed E-state index contributed by atoms with van der Waals surface area (Å²) in [5, 5.41) is 11.5. The standard InChI is InChI=1S/C7H11F2N3O3/c8-7(9,4-11-12-10)6-3-14-5(1-13)2-15-6/h5-6,13H,1-4H2. The molecule has 0 saturated carbocycles. The molecule has 0 radical (unpaired) electrons. The molecule has 1 aliphatic rings. The van der Waals surface area contributed by atoms with Crippen molar-refractivity contribution in [2.24, 2.45) is 5.11 Å². The molecule has 0 aliphatic carbocycles. The molecule has 1 N–H and O–H groups in total. The molecule has 15 heavy (non-hydrogen) atoms. The summed E-state index contributed by atoms with van der Waals surface area (Å²) in [5.74, 6) is -3.24. The lowest BCUT2D eigenvalue weighted by Crippen LogP contribution is -2.48. The molecule has 86 valence electrons. The highest BCUT2D eigenvalue weighted by Crippen LogP contribution is 2.25. The van der Waals surface area contributed by atoms with Crippen LogP contribution in [-0.2, 0) is 9.47 Å². The molecule has 0 bridgehead atoms. The average Bonchev–Trinajstić information content (AvgIpc) is 2.26. The van der Waals surface area contributed by atoms with Crippen LogP contribution in [0.25, 0.3) is 10.4 Å². The quantitative estimate of drug-likeness (QED) is 0.432. The van der Waals surface area contributed by atoms with Gasteiger partial charge in [-0.3, -0.25) is 0 Å². The van der Waals surface area contributed by atoms with Gasteiger partial charge >= 0.3 is 0 Å². The van der Waals surface area contributed by atoms with Crippen LogP contribution in [0.4, 0.5) is 8.78 Å². The van der Waals surface area contributed by atoms with Crippen LogP contribution in [0.15, 0.2) is 5.11 Å². The van der Waals surface area contributed by atoms with E-state index >= 15 is 0 Å². The first-order valence-electron chi connectivity index (χ1n) is 4.33. The largest absolute Gasteiger partial charge is 0.394 e. The second-order valence-corrected chi connectivity index (χ2v) is 3.11. The summed E-state index contributed by atoms with van der Waals surface area (Å²) >= 11 is 0. The van der Waals surface area contributed by atoms with E-state index in [-0.39, 0.29) is 19.8 Å². The lowest BCUT2D eigenvalue weighted by molar-refractivity contribution is -0.216. The fourth-order valence-corrected chi connectivity index (χ4v) is 1.12. The maximum Gasteiger partial charge on any atom is 0.281 e. The molecule has 1 heterocycles. The van der Waals surface area contributed by atoms with Gasteiger partial charge in [0.1, 0.15) is 12.2 Å². The van der Waals surface area contributed by atoms with E-state index in [4.69, 9.17) is 20.1 Å². The van der Waals surface area contributed by atoms with Gasteiger partial charge < -0.3 is 14.6 Å². The summed E-state index contributed by atoms with van der Waals surface area (Å²) in [6.07, 6.45) is -1.98. The van der Waals surface area contributed by atoms with Crippen LogP contribution in [0.2, 0.25) is 0 Å². The summed E-state index contributed by atoms with van der Waals surface area (Å²) in [5.41, 5.74) is 7.93. The highest BCUT2D eigenvalue weighted by molar-refractivity contribution is 4.83. The third-order valence-corrected chi connectivity index (χ3v) is 1.99.